The number of fused-ring (bicyclic) bond motifs is 1. The Morgan fingerprint density at radius 1 is 0.900 bits per heavy atom. The average Bonchev–Trinajstić information content (AvgIpc) is 2.89. The van der Waals surface area contributed by atoms with Crippen LogP contribution in [0.5, 0.6) is 11.5 Å². The molecule has 1 saturated heterocycles. The second-order valence-corrected chi connectivity index (χ2v) is 13.5. The van der Waals surface area contributed by atoms with E-state index >= 15 is 0 Å². The Morgan fingerprint density at radius 2 is 1.52 bits per heavy atom. The first-order valence-corrected chi connectivity index (χ1v) is 15.7. The molecule has 0 aliphatic carbocycles. The summed E-state index contributed by atoms with van der Waals surface area (Å²) in [6.07, 6.45) is 6.77. The van der Waals surface area contributed by atoms with E-state index in [0.717, 1.165) is 60.3 Å². The predicted molar refractivity (Wildman–Crippen MR) is 158 cm³/mol. The number of aryl methyl sites for hydroxylation is 2. The SMILES string of the molecule is Cc1cc(O[C@@H]2OC(CO)[C@H](O)C(O)C2O)cc2c1O[C@](C)(CCC[C@H](C)CCC[C@H](C)CCCC(C)C)CC2. The molecule has 2 aliphatic heterocycles. The average molecular weight is 565 g/mol. The van der Waals surface area contributed by atoms with Crippen molar-refractivity contribution in [3.05, 3.63) is 23.3 Å². The van der Waals surface area contributed by atoms with E-state index in [1.807, 2.05) is 19.1 Å². The molecule has 0 bridgehead atoms. The number of aliphatic hydroxyl groups excluding tert-OH is 4. The van der Waals surface area contributed by atoms with Crippen molar-refractivity contribution in [3.63, 3.8) is 0 Å². The maximum absolute atomic E-state index is 10.3. The molecule has 7 heteroatoms. The lowest BCUT2D eigenvalue weighted by Crippen LogP contribution is -2.60. The van der Waals surface area contributed by atoms with Crippen LogP contribution in [-0.2, 0) is 11.2 Å². The van der Waals surface area contributed by atoms with Gasteiger partial charge >= 0.3 is 0 Å². The van der Waals surface area contributed by atoms with Gasteiger partial charge in [-0.15, -0.1) is 0 Å². The third kappa shape index (κ3) is 9.32. The first kappa shape index (κ1) is 33.1. The zero-order valence-corrected chi connectivity index (χ0v) is 25.8. The van der Waals surface area contributed by atoms with Crippen molar-refractivity contribution in [3.8, 4) is 11.5 Å². The van der Waals surface area contributed by atoms with Crippen LogP contribution in [0.2, 0.25) is 0 Å². The van der Waals surface area contributed by atoms with Crippen molar-refractivity contribution in [2.75, 3.05) is 6.61 Å². The molecule has 40 heavy (non-hydrogen) atoms. The number of aliphatic hydroxyl groups is 4. The lowest BCUT2D eigenvalue weighted by atomic mass is 9.85. The Balaban J connectivity index is 1.45. The molecule has 0 radical (unpaired) electrons. The van der Waals surface area contributed by atoms with E-state index in [9.17, 15) is 20.4 Å². The van der Waals surface area contributed by atoms with Gasteiger partial charge in [0.15, 0.2) is 0 Å². The molecule has 8 atom stereocenters. The number of benzene rings is 1. The fourth-order valence-corrected chi connectivity index (χ4v) is 6.18. The summed E-state index contributed by atoms with van der Waals surface area (Å²) < 4.78 is 18.0. The highest BCUT2D eigenvalue weighted by Crippen LogP contribution is 2.41. The first-order chi connectivity index (χ1) is 18.9. The van der Waals surface area contributed by atoms with Gasteiger partial charge in [-0.05, 0) is 80.5 Å². The van der Waals surface area contributed by atoms with Crippen molar-refractivity contribution in [2.45, 2.75) is 148 Å². The fraction of sp³-hybridized carbons (Fsp3) is 0.818. The normalized spacial score (nSPS) is 30.0. The van der Waals surface area contributed by atoms with Gasteiger partial charge in [0.25, 0.3) is 0 Å². The Labute approximate surface area is 242 Å². The topological polar surface area (TPSA) is 109 Å². The third-order valence-corrected chi connectivity index (χ3v) is 8.97. The van der Waals surface area contributed by atoms with Crippen molar-refractivity contribution in [1.82, 2.24) is 0 Å². The van der Waals surface area contributed by atoms with E-state index in [1.165, 1.54) is 44.9 Å². The molecule has 0 saturated carbocycles. The Kier molecular flexibility index (Phi) is 12.6. The van der Waals surface area contributed by atoms with Gasteiger partial charge < -0.3 is 34.6 Å². The van der Waals surface area contributed by atoms with Crippen molar-refractivity contribution in [2.24, 2.45) is 17.8 Å². The van der Waals surface area contributed by atoms with Crippen LogP contribution >= 0.6 is 0 Å². The van der Waals surface area contributed by atoms with E-state index < -0.39 is 37.3 Å². The molecule has 1 aromatic rings. The molecule has 1 aromatic carbocycles. The molecule has 2 heterocycles. The van der Waals surface area contributed by atoms with Gasteiger partial charge in [0.05, 0.1) is 6.61 Å². The summed E-state index contributed by atoms with van der Waals surface area (Å²) in [6, 6.07) is 3.74. The van der Waals surface area contributed by atoms with Gasteiger partial charge in [0, 0.05) is 0 Å². The Hall–Kier alpha value is -1.38. The first-order valence-electron chi connectivity index (χ1n) is 15.7. The van der Waals surface area contributed by atoms with Crippen molar-refractivity contribution >= 4 is 0 Å². The molecular weight excluding hydrogens is 508 g/mol. The molecule has 230 valence electrons. The Bertz CT molecular complexity index is 903. The predicted octanol–water partition coefficient (Wildman–Crippen LogP) is 5.70. The van der Waals surface area contributed by atoms with Crippen LogP contribution in [-0.4, -0.2) is 63.3 Å². The highest BCUT2D eigenvalue weighted by Gasteiger charge is 2.45. The minimum absolute atomic E-state index is 0.192. The summed E-state index contributed by atoms with van der Waals surface area (Å²) in [5.74, 6) is 3.79. The van der Waals surface area contributed by atoms with Crippen molar-refractivity contribution < 1.29 is 34.6 Å². The summed E-state index contributed by atoms with van der Waals surface area (Å²) in [7, 11) is 0. The second kappa shape index (κ2) is 15.2. The van der Waals surface area contributed by atoms with E-state index in [0.29, 0.717) is 5.75 Å². The van der Waals surface area contributed by atoms with E-state index in [-0.39, 0.29) is 5.60 Å². The molecule has 2 aliphatic rings. The zero-order valence-electron chi connectivity index (χ0n) is 25.8. The quantitative estimate of drug-likeness (QED) is 0.217. The maximum Gasteiger partial charge on any atom is 0.229 e. The highest BCUT2D eigenvalue weighted by atomic mass is 16.7. The summed E-state index contributed by atoms with van der Waals surface area (Å²) in [6.45, 7) is 13.1. The molecular formula is C33H56O7. The number of hydrogen-bond donors (Lipinski definition) is 4. The molecule has 3 unspecified atom stereocenters. The van der Waals surface area contributed by atoms with Gasteiger partial charge in [-0.1, -0.05) is 72.6 Å². The van der Waals surface area contributed by atoms with Gasteiger partial charge in [0.2, 0.25) is 6.29 Å². The van der Waals surface area contributed by atoms with Crippen LogP contribution in [0, 0.1) is 24.7 Å². The summed E-state index contributed by atoms with van der Waals surface area (Å²) in [5.41, 5.74) is 1.80. The lowest BCUT2D eigenvalue weighted by Gasteiger charge is -2.40. The lowest BCUT2D eigenvalue weighted by molar-refractivity contribution is -0.277. The summed E-state index contributed by atoms with van der Waals surface area (Å²) in [4.78, 5) is 0. The number of ether oxygens (including phenoxy) is 3. The summed E-state index contributed by atoms with van der Waals surface area (Å²) in [5, 5.41) is 39.9. The van der Waals surface area contributed by atoms with Gasteiger partial charge in [-0.2, -0.15) is 0 Å². The minimum atomic E-state index is -1.47. The van der Waals surface area contributed by atoms with Crippen LogP contribution in [0.15, 0.2) is 12.1 Å². The second-order valence-electron chi connectivity index (χ2n) is 13.5. The van der Waals surface area contributed by atoms with E-state index in [1.54, 1.807) is 0 Å². The Morgan fingerprint density at radius 3 is 2.15 bits per heavy atom. The largest absolute Gasteiger partial charge is 0.487 e. The molecule has 7 nitrogen and oxygen atoms in total. The summed E-state index contributed by atoms with van der Waals surface area (Å²) >= 11 is 0. The zero-order chi connectivity index (χ0) is 29.4. The third-order valence-electron chi connectivity index (χ3n) is 8.97. The van der Waals surface area contributed by atoms with Crippen LogP contribution < -0.4 is 9.47 Å². The number of hydrogen-bond acceptors (Lipinski definition) is 7. The highest BCUT2D eigenvalue weighted by molar-refractivity contribution is 5.48. The number of rotatable bonds is 15. The minimum Gasteiger partial charge on any atom is -0.487 e. The van der Waals surface area contributed by atoms with Crippen LogP contribution in [0.4, 0.5) is 0 Å². The molecule has 0 spiro atoms. The molecule has 0 aromatic heterocycles. The smallest absolute Gasteiger partial charge is 0.229 e. The maximum atomic E-state index is 10.3. The van der Waals surface area contributed by atoms with E-state index in [4.69, 9.17) is 14.2 Å². The van der Waals surface area contributed by atoms with E-state index in [2.05, 4.69) is 34.6 Å². The molecule has 0 amide bonds. The molecule has 1 fully saturated rings. The van der Waals surface area contributed by atoms with Crippen molar-refractivity contribution in [1.29, 1.82) is 0 Å². The fourth-order valence-electron chi connectivity index (χ4n) is 6.18. The standard InChI is InChI=1S/C33H56O7/c1-21(2)10-7-11-22(3)12-8-13-23(4)14-9-16-33(6)17-15-25-19-26(18-24(5)31(25)40-33)38-32-30(37)29(36)28(35)27(20-34)39-32/h18-19,21-23,27-30,32,34-37H,7-17,20H2,1-6H3/t22-,23-,27?,28+,29?,30?,32-,33-/m1/s1. The van der Waals surface area contributed by atoms with Crippen LogP contribution in [0.1, 0.15) is 110 Å². The van der Waals surface area contributed by atoms with Gasteiger partial charge in [-0.3, -0.25) is 0 Å². The molecule has 3 rings (SSSR count). The van der Waals surface area contributed by atoms with Gasteiger partial charge in [-0.25, -0.2) is 0 Å². The molecule has 4 N–H and O–H groups in total. The van der Waals surface area contributed by atoms with Crippen LogP contribution in [0.3, 0.4) is 0 Å². The van der Waals surface area contributed by atoms with Crippen LogP contribution in [0.25, 0.3) is 0 Å². The van der Waals surface area contributed by atoms with Gasteiger partial charge in [0.1, 0.15) is 41.5 Å². The monoisotopic (exact) mass is 564 g/mol.